The molecule has 0 unspecified atom stereocenters. The summed E-state index contributed by atoms with van der Waals surface area (Å²) in [6, 6.07) is 13.1. The number of carbonyl (C=O) groups excluding carboxylic acids is 1. The third kappa shape index (κ3) is 5.16. The Labute approximate surface area is 155 Å². The van der Waals surface area contributed by atoms with Gasteiger partial charge in [-0.05, 0) is 63.3 Å². The van der Waals surface area contributed by atoms with Crippen molar-refractivity contribution in [2.75, 3.05) is 20.1 Å². The summed E-state index contributed by atoms with van der Waals surface area (Å²) < 4.78 is 0. The molecule has 134 valence electrons. The standard InChI is InChI=1S/C21H28N2OS/c1-17-5-7-18(8-6-17)16-23(19-11-13-22(2)14-12-19)21(24)10-9-20-4-3-15-25-20/h3-8,15,19H,9-14,16H2,1-2H3. The van der Waals surface area contributed by atoms with Crippen molar-refractivity contribution in [1.29, 1.82) is 0 Å². The van der Waals surface area contributed by atoms with Gasteiger partial charge in [-0.15, -0.1) is 11.3 Å². The molecular formula is C21H28N2OS. The number of benzene rings is 1. The number of hydrogen-bond acceptors (Lipinski definition) is 3. The van der Waals surface area contributed by atoms with Gasteiger partial charge in [0.25, 0.3) is 0 Å². The minimum absolute atomic E-state index is 0.295. The highest BCUT2D eigenvalue weighted by atomic mass is 32.1. The van der Waals surface area contributed by atoms with Gasteiger partial charge in [0.2, 0.25) is 5.91 Å². The minimum atomic E-state index is 0.295. The fourth-order valence-electron chi connectivity index (χ4n) is 3.45. The average Bonchev–Trinajstić information content (AvgIpc) is 3.14. The molecule has 0 bridgehead atoms. The number of thiophene rings is 1. The van der Waals surface area contributed by atoms with Gasteiger partial charge in [0.05, 0.1) is 0 Å². The van der Waals surface area contributed by atoms with Crippen LogP contribution in [0.4, 0.5) is 0 Å². The summed E-state index contributed by atoms with van der Waals surface area (Å²) in [7, 11) is 2.17. The van der Waals surface area contributed by atoms with Crippen molar-refractivity contribution in [2.45, 2.75) is 45.2 Å². The first-order valence-corrected chi connectivity index (χ1v) is 10.1. The summed E-state index contributed by atoms with van der Waals surface area (Å²) >= 11 is 1.74. The summed E-state index contributed by atoms with van der Waals surface area (Å²) in [5.41, 5.74) is 2.49. The number of hydrogen-bond donors (Lipinski definition) is 0. The van der Waals surface area contributed by atoms with Crippen LogP contribution < -0.4 is 0 Å². The Hall–Kier alpha value is -1.65. The normalized spacial score (nSPS) is 16.1. The third-order valence-electron chi connectivity index (χ3n) is 5.09. The van der Waals surface area contributed by atoms with Gasteiger partial charge in [-0.2, -0.15) is 0 Å². The average molecular weight is 357 g/mol. The van der Waals surface area contributed by atoms with Crippen molar-refractivity contribution < 1.29 is 4.79 Å². The summed E-state index contributed by atoms with van der Waals surface area (Å²) in [5.74, 6) is 0.295. The maximum atomic E-state index is 13.0. The molecule has 4 heteroatoms. The molecule has 1 aromatic carbocycles. The number of rotatable bonds is 6. The van der Waals surface area contributed by atoms with Gasteiger partial charge in [0, 0.05) is 23.9 Å². The second kappa shape index (κ2) is 8.63. The van der Waals surface area contributed by atoms with Gasteiger partial charge in [0.1, 0.15) is 0 Å². The Morgan fingerprint density at radius 3 is 2.56 bits per heavy atom. The van der Waals surface area contributed by atoms with Crippen LogP contribution >= 0.6 is 11.3 Å². The van der Waals surface area contributed by atoms with Crippen LogP contribution in [0.1, 0.15) is 35.3 Å². The van der Waals surface area contributed by atoms with Crippen LogP contribution in [0.2, 0.25) is 0 Å². The van der Waals surface area contributed by atoms with E-state index < -0.39 is 0 Å². The van der Waals surface area contributed by atoms with Gasteiger partial charge in [-0.25, -0.2) is 0 Å². The maximum absolute atomic E-state index is 13.0. The lowest BCUT2D eigenvalue weighted by Gasteiger charge is -2.37. The van der Waals surface area contributed by atoms with Crippen molar-refractivity contribution in [1.82, 2.24) is 9.80 Å². The number of likely N-dealkylation sites (tertiary alicyclic amines) is 1. The van der Waals surface area contributed by atoms with Crippen LogP contribution in [0.5, 0.6) is 0 Å². The van der Waals surface area contributed by atoms with Crippen molar-refractivity contribution in [3.63, 3.8) is 0 Å². The molecule has 0 saturated carbocycles. The first-order valence-electron chi connectivity index (χ1n) is 9.18. The quantitative estimate of drug-likeness (QED) is 0.777. The molecule has 1 fully saturated rings. The van der Waals surface area contributed by atoms with Crippen molar-refractivity contribution in [3.8, 4) is 0 Å². The van der Waals surface area contributed by atoms with E-state index in [2.05, 4.69) is 65.5 Å². The topological polar surface area (TPSA) is 23.6 Å². The van der Waals surface area contributed by atoms with E-state index in [1.165, 1.54) is 16.0 Å². The zero-order chi connectivity index (χ0) is 17.6. The van der Waals surface area contributed by atoms with E-state index in [0.29, 0.717) is 18.4 Å². The van der Waals surface area contributed by atoms with E-state index in [1.807, 2.05) is 0 Å². The Kier molecular flexibility index (Phi) is 6.27. The Balaban J connectivity index is 1.68. The van der Waals surface area contributed by atoms with Crippen LogP contribution in [0.25, 0.3) is 0 Å². The van der Waals surface area contributed by atoms with Crippen molar-refractivity contribution in [2.24, 2.45) is 0 Å². The Bertz CT molecular complexity index is 658. The number of aryl methyl sites for hydroxylation is 2. The van der Waals surface area contributed by atoms with Crippen LogP contribution in [-0.4, -0.2) is 41.9 Å². The lowest BCUT2D eigenvalue weighted by Crippen LogP contribution is -2.46. The molecule has 1 aromatic heterocycles. The van der Waals surface area contributed by atoms with Gasteiger partial charge >= 0.3 is 0 Å². The van der Waals surface area contributed by atoms with E-state index in [4.69, 9.17) is 0 Å². The second-order valence-corrected chi connectivity index (χ2v) is 8.15. The molecule has 2 heterocycles. The van der Waals surface area contributed by atoms with Crippen LogP contribution in [0, 0.1) is 6.92 Å². The molecule has 3 nitrogen and oxygen atoms in total. The SMILES string of the molecule is Cc1ccc(CN(C(=O)CCc2cccs2)C2CCN(C)CC2)cc1. The number of piperidine rings is 1. The van der Waals surface area contributed by atoms with Gasteiger partial charge in [-0.3, -0.25) is 4.79 Å². The summed E-state index contributed by atoms with van der Waals surface area (Å²) in [6.45, 7) is 4.99. The molecule has 0 spiro atoms. The molecule has 2 aromatic rings. The molecule has 25 heavy (non-hydrogen) atoms. The number of amides is 1. The lowest BCUT2D eigenvalue weighted by molar-refractivity contribution is -0.135. The van der Waals surface area contributed by atoms with E-state index in [-0.39, 0.29) is 0 Å². The van der Waals surface area contributed by atoms with Crippen molar-refractivity contribution >= 4 is 17.2 Å². The molecule has 3 rings (SSSR count). The molecule has 0 N–H and O–H groups in total. The molecule has 0 aliphatic carbocycles. The zero-order valence-electron chi connectivity index (χ0n) is 15.3. The number of carbonyl (C=O) groups is 1. The molecule has 0 atom stereocenters. The highest BCUT2D eigenvalue weighted by molar-refractivity contribution is 7.09. The fourth-order valence-corrected chi connectivity index (χ4v) is 4.16. The minimum Gasteiger partial charge on any atom is -0.335 e. The van der Waals surface area contributed by atoms with E-state index in [1.54, 1.807) is 11.3 Å². The van der Waals surface area contributed by atoms with Gasteiger partial charge < -0.3 is 9.80 Å². The Morgan fingerprint density at radius 2 is 1.92 bits per heavy atom. The van der Waals surface area contributed by atoms with Crippen LogP contribution in [-0.2, 0) is 17.8 Å². The smallest absolute Gasteiger partial charge is 0.223 e. The predicted octanol–water partition coefficient (Wildman–Crippen LogP) is 4.11. The lowest BCUT2D eigenvalue weighted by atomic mass is 10.0. The summed E-state index contributed by atoms with van der Waals surface area (Å²) in [6.07, 6.45) is 3.62. The molecule has 0 radical (unpaired) electrons. The van der Waals surface area contributed by atoms with E-state index >= 15 is 0 Å². The largest absolute Gasteiger partial charge is 0.335 e. The van der Waals surface area contributed by atoms with Crippen LogP contribution in [0.15, 0.2) is 41.8 Å². The molecule has 1 aliphatic heterocycles. The fraction of sp³-hybridized carbons (Fsp3) is 0.476. The Morgan fingerprint density at radius 1 is 1.20 bits per heavy atom. The molecule has 1 aliphatic rings. The van der Waals surface area contributed by atoms with E-state index in [0.717, 1.165) is 38.9 Å². The second-order valence-electron chi connectivity index (χ2n) is 7.12. The first kappa shape index (κ1) is 18.2. The van der Waals surface area contributed by atoms with Crippen molar-refractivity contribution in [3.05, 3.63) is 57.8 Å². The maximum Gasteiger partial charge on any atom is 0.223 e. The van der Waals surface area contributed by atoms with E-state index in [9.17, 15) is 4.79 Å². The first-order chi connectivity index (χ1) is 12.1. The highest BCUT2D eigenvalue weighted by Gasteiger charge is 2.26. The third-order valence-corrected chi connectivity index (χ3v) is 6.02. The molecular weight excluding hydrogens is 328 g/mol. The van der Waals surface area contributed by atoms with Crippen LogP contribution in [0.3, 0.4) is 0 Å². The highest BCUT2D eigenvalue weighted by Crippen LogP contribution is 2.21. The zero-order valence-corrected chi connectivity index (χ0v) is 16.1. The molecule has 1 amide bonds. The number of nitrogens with zero attached hydrogens (tertiary/aromatic N) is 2. The monoisotopic (exact) mass is 356 g/mol. The van der Waals surface area contributed by atoms with Gasteiger partial charge in [-0.1, -0.05) is 35.9 Å². The summed E-state index contributed by atoms with van der Waals surface area (Å²) in [4.78, 5) is 18.8. The summed E-state index contributed by atoms with van der Waals surface area (Å²) in [5, 5.41) is 2.08. The molecule has 1 saturated heterocycles. The van der Waals surface area contributed by atoms with Gasteiger partial charge in [0.15, 0.2) is 0 Å². The predicted molar refractivity (Wildman–Crippen MR) is 105 cm³/mol.